The number of ketones is 1. The second-order valence-corrected chi connectivity index (χ2v) is 6.07. The molecular weight excluding hydrogens is 240 g/mol. The third-order valence-electron chi connectivity index (χ3n) is 3.14. The minimum Gasteiger partial charge on any atom is -0.294 e. The highest BCUT2D eigenvalue weighted by Gasteiger charge is 2.13. The number of benzene rings is 1. The Bertz CT molecular complexity index is 334. The maximum Gasteiger partial charge on any atom is 0.165 e. The first-order chi connectivity index (χ1) is 8.75. The van der Waals surface area contributed by atoms with Crippen molar-refractivity contribution < 1.29 is 4.79 Å². The average molecular weight is 264 g/mol. The molecule has 0 bridgehead atoms. The molecule has 0 saturated heterocycles. The van der Waals surface area contributed by atoms with Crippen LogP contribution in [0.15, 0.2) is 30.3 Å². The molecule has 1 atom stereocenters. The summed E-state index contributed by atoms with van der Waals surface area (Å²) in [7, 11) is 0. The first kappa shape index (κ1) is 15.3. The smallest absolute Gasteiger partial charge is 0.165 e. The van der Waals surface area contributed by atoms with E-state index in [2.05, 4.69) is 13.8 Å². The van der Waals surface area contributed by atoms with Gasteiger partial charge < -0.3 is 0 Å². The summed E-state index contributed by atoms with van der Waals surface area (Å²) >= 11 is 2.00. The molecule has 1 aromatic rings. The zero-order valence-corrected chi connectivity index (χ0v) is 12.3. The summed E-state index contributed by atoms with van der Waals surface area (Å²) in [6.45, 7) is 4.25. The molecule has 2 heteroatoms. The maximum atomic E-state index is 12.1. The van der Waals surface area contributed by atoms with Crippen LogP contribution < -0.4 is 0 Å². The molecule has 18 heavy (non-hydrogen) atoms. The molecule has 0 aliphatic carbocycles. The van der Waals surface area contributed by atoms with E-state index in [1.807, 2.05) is 42.1 Å². The largest absolute Gasteiger partial charge is 0.294 e. The van der Waals surface area contributed by atoms with Crippen molar-refractivity contribution in [3.05, 3.63) is 35.9 Å². The molecule has 0 heterocycles. The van der Waals surface area contributed by atoms with Crippen LogP contribution in [0.1, 0.15) is 49.9 Å². The fraction of sp³-hybridized carbons (Fsp3) is 0.562. The lowest BCUT2D eigenvalue weighted by Gasteiger charge is -2.10. The standard InChI is InChI=1S/C16H24OS/c1-3-18-13-9-5-6-10-14(2)16(17)15-11-7-4-8-12-15/h4,7-8,11-12,14H,3,5-6,9-10,13H2,1-2H3. The van der Waals surface area contributed by atoms with E-state index in [-0.39, 0.29) is 5.92 Å². The van der Waals surface area contributed by atoms with E-state index in [0.29, 0.717) is 5.78 Å². The van der Waals surface area contributed by atoms with Gasteiger partial charge >= 0.3 is 0 Å². The summed E-state index contributed by atoms with van der Waals surface area (Å²) in [6, 6.07) is 9.64. The van der Waals surface area contributed by atoms with E-state index in [4.69, 9.17) is 0 Å². The predicted octanol–water partition coefficient (Wildman–Crippen LogP) is 4.82. The molecule has 0 fully saturated rings. The molecule has 0 N–H and O–H groups in total. The van der Waals surface area contributed by atoms with Crippen LogP contribution in [0.5, 0.6) is 0 Å². The Labute approximate surface area is 115 Å². The van der Waals surface area contributed by atoms with Crippen molar-refractivity contribution in [1.29, 1.82) is 0 Å². The predicted molar refractivity (Wildman–Crippen MR) is 81.4 cm³/mol. The van der Waals surface area contributed by atoms with Gasteiger partial charge in [0.05, 0.1) is 0 Å². The van der Waals surface area contributed by atoms with Gasteiger partial charge in [0.1, 0.15) is 0 Å². The zero-order valence-electron chi connectivity index (χ0n) is 11.5. The molecule has 1 nitrogen and oxygen atoms in total. The molecule has 0 amide bonds. The molecule has 1 unspecified atom stereocenters. The number of hydrogen-bond acceptors (Lipinski definition) is 2. The van der Waals surface area contributed by atoms with Crippen LogP contribution >= 0.6 is 11.8 Å². The molecule has 0 aliphatic heterocycles. The average Bonchev–Trinajstić information content (AvgIpc) is 2.42. The van der Waals surface area contributed by atoms with Crippen LogP contribution in [0.3, 0.4) is 0 Å². The Balaban J connectivity index is 2.20. The van der Waals surface area contributed by atoms with Crippen LogP contribution in [-0.2, 0) is 0 Å². The molecule has 100 valence electrons. The van der Waals surface area contributed by atoms with E-state index in [0.717, 1.165) is 12.0 Å². The SMILES string of the molecule is CCSCCCCCC(C)C(=O)c1ccccc1. The second kappa shape index (κ2) is 9.21. The molecule has 0 saturated carbocycles. The Morgan fingerprint density at radius 3 is 2.56 bits per heavy atom. The first-order valence-electron chi connectivity index (χ1n) is 6.92. The van der Waals surface area contributed by atoms with Crippen molar-refractivity contribution in [2.75, 3.05) is 11.5 Å². The van der Waals surface area contributed by atoms with Crippen molar-refractivity contribution >= 4 is 17.5 Å². The van der Waals surface area contributed by atoms with Gasteiger partial charge in [-0.15, -0.1) is 0 Å². The molecule has 0 radical (unpaired) electrons. The Morgan fingerprint density at radius 2 is 1.89 bits per heavy atom. The normalized spacial score (nSPS) is 12.3. The van der Waals surface area contributed by atoms with Crippen molar-refractivity contribution in [2.45, 2.75) is 39.5 Å². The topological polar surface area (TPSA) is 17.1 Å². The third kappa shape index (κ3) is 5.72. The second-order valence-electron chi connectivity index (χ2n) is 4.68. The molecule has 0 aliphatic rings. The van der Waals surface area contributed by atoms with Gasteiger partial charge in [0.25, 0.3) is 0 Å². The monoisotopic (exact) mass is 264 g/mol. The molecule has 0 spiro atoms. The molecular formula is C16H24OS. The summed E-state index contributed by atoms with van der Waals surface area (Å²) in [5.74, 6) is 2.92. The summed E-state index contributed by atoms with van der Waals surface area (Å²) in [5.41, 5.74) is 0.853. The van der Waals surface area contributed by atoms with E-state index in [1.165, 1.54) is 30.8 Å². The third-order valence-corrected chi connectivity index (χ3v) is 4.12. The van der Waals surface area contributed by atoms with Crippen LogP contribution in [0.2, 0.25) is 0 Å². The van der Waals surface area contributed by atoms with Gasteiger partial charge in [0.2, 0.25) is 0 Å². The van der Waals surface area contributed by atoms with Gasteiger partial charge in [0.15, 0.2) is 5.78 Å². The minimum atomic E-state index is 0.159. The number of hydrogen-bond donors (Lipinski definition) is 0. The lowest BCUT2D eigenvalue weighted by atomic mass is 9.94. The minimum absolute atomic E-state index is 0.159. The van der Waals surface area contributed by atoms with Gasteiger partial charge in [-0.2, -0.15) is 11.8 Å². The number of rotatable bonds is 9. The van der Waals surface area contributed by atoms with E-state index < -0.39 is 0 Å². The van der Waals surface area contributed by atoms with E-state index in [1.54, 1.807) is 0 Å². The van der Waals surface area contributed by atoms with Crippen molar-refractivity contribution in [1.82, 2.24) is 0 Å². The zero-order chi connectivity index (χ0) is 13.2. The number of unbranched alkanes of at least 4 members (excludes halogenated alkanes) is 2. The summed E-state index contributed by atoms with van der Waals surface area (Å²) in [5, 5.41) is 0. The summed E-state index contributed by atoms with van der Waals surface area (Å²) in [6.07, 6.45) is 4.72. The van der Waals surface area contributed by atoms with Crippen LogP contribution in [-0.4, -0.2) is 17.3 Å². The van der Waals surface area contributed by atoms with Gasteiger partial charge in [0, 0.05) is 11.5 Å². The number of thioether (sulfide) groups is 1. The van der Waals surface area contributed by atoms with E-state index >= 15 is 0 Å². The number of carbonyl (C=O) groups is 1. The van der Waals surface area contributed by atoms with Crippen molar-refractivity contribution in [3.63, 3.8) is 0 Å². The molecule has 1 aromatic carbocycles. The Morgan fingerprint density at radius 1 is 1.17 bits per heavy atom. The van der Waals surface area contributed by atoms with Crippen molar-refractivity contribution in [3.8, 4) is 0 Å². The van der Waals surface area contributed by atoms with Crippen LogP contribution in [0.25, 0.3) is 0 Å². The molecule has 1 rings (SSSR count). The van der Waals surface area contributed by atoms with Gasteiger partial charge in [-0.05, 0) is 24.3 Å². The first-order valence-corrected chi connectivity index (χ1v) is 8.08. The number of carbonyl (C=O) groups excluding carboxylic acids is 1. The lowest BCUT2D eigenvalue weighted by molar-refractivity contribution is 0.0922. The highest BCUT2D eigenvalue weighted by atomic mass is 32.2. The highest BCUT2D eigenvalue weighted by molar-refractivity contribution is 7.99. The quantitative estimate of drug-likeness (QED) is 0.470. The fourth-order valence-electron chi connectivity index (χ4n) is 1.99. The fourth-order valence-corrected chi connectivity index (χ4v) is 2.69. The van der Waals surface area contributed by atoms with Gasteiger partial charge in [-0.3, -0.25) is 4.79 Å². The summed E-state index contributed by atoms with van der Waals surface area (Å²) in [4.78, 5) is 12.1. The Hall–Kier alpha value is -0.760. The van der Waals surface area contributed by atoms with Gasteiger partial charge in [-0.25, -0.2) is 0 Å². The number of Topliss-reactive ketones (excluding diaryl/α,β-unsaturated/α-hetero) is 1. The lowest BCUT2D eigenvalue weighted by Crippen LogP contribution is -2.11. The summed E-state index contributed by atoms with van der Waals surface area (Å²) < 4.78 is 0. The van der Waals surface area contributed by atoms with E-state index in [9.17, 15) is 4.79 Å². The highest BCUT2D eigenvalue weighted by Crippen LogP contribution is 2.16. The molecule has 0 aromatic heterocycles. The van der Waals surface area contributed by atoms with Crippen LogP contribution in [0, 0.1) is 5.92 Å². The maximum absolute atomic E-state index is 12.1. The van der Waals surface area contributed by atoms with Crippen LogP contribution in [0.4, 0.5) is 0 Å². The van der Waals surface area contributed by atoms with Crippen molar-refractivity contribution in [2.24, 2.45) is 5.92 Å². The Kier molecular flexibility index (Phi) is 7.83. The van der Waals surface area contributed by atoms with Gasteiger partial charge in [-0.1, -0.05) is 57.0 Å².